The van der Waals surface area contributed by atoms with Gasteiger partial charge in [0.2, 0.25) is 33.7 Å². The number of hydrogen-bond acceptors (Lipinski definition) is 10. The van der Waals surface area contributed by atoms with Gasteiger partial charge in [-0.15, -0.1) is 0 Å². The lowest BCUT2D eigenvalue weighted by Crippen LogP contribution is -2.60. The predicted molar refractivity (Wildman–Crippen MR) is 260 cm³/mol. The van der Waals surface area contributed by atoms with Crippen LogP contribution in [0.2, 0.25) is 0 Å². The van der Waals surface area contributed by atoms with E-state index in [0.29, 0.717) is 29.5 Å². The van der Waals surface area contributed by atoms with Gasteiger partial charge >= 0.3 is 5.97 Å². The highest BCUT2D eigenvalue weighted by Crippen LogP contribution is 2.30. The molecule has 6 N–H and O–H groups in total. The Labute approximate surface area is 388 Å². The van der Waals surface area contributed by atoms with Crippen LogP contribution < -0.4 is 30.9 Å². The zero-order valence-corrected chi connectivity index (χ0v) is 41.1. The molecule has 0 aliphatic heterocycles. The Morgan fingerprint density at radius 1 is 0.815 bits per heavy atom. The van der Waals surface area contributed by atoms with E-state index in [2.05, 4.69) is 55.1 Å². The number of nitrogens with one attached hydrogen (secondary N) is 5. The summed E-state index contributed by atoms with van der Waals surface area (Å²) in [5.74, 6) is -4.34. The van der Waals surface area contributed by atoms with Crippen molar-refractivity contribution in [2.24, 2.45) is 17.0 Å². The van der Waals surface area contributed by atoms with Crippen LogP contribution >= 0.6 is 11.8 Å². The van der Waals surface area contributed by atoms with E-state index in [1.54, 1.807) is 39.0 Å². The average Bonchev–Trinajstić information content (AvgIpc) is 3.25. The number of benzene rings is 2. The van der Waals surface area contributed by atoms with E-state index < -0.39 is 76.3 Å². The Morgan fingerprint density at radius 2 is 1.40 bits per heavy atom. The van der Waals surface area contributed by atoms with Crippen molar-refractivity contribution in [3.05, 3.63) is 81.8 Å². The number of amides is 4. The molecule has 0 aromatic heterocycles. The number of sulfonamides is 1. The molecule has 0 unspecified atom stereocenters. The molecule has 5 atom stereocenters. The Balaban J connectivity index is 2.27. The van der Waals surface area contributed by atoms with Gasteiger partial charge < -0.3 is 31.3 Å². The Hall–Kier alpha value is -5.36. The normalized spacial score (nSPS) is 14.7. The molecule has 0 radical (unpaired) electrons. The highest BCUT2D eigenvalue weighted by atomic mass is 32.2. The van der Waals surface area contributed by atoms with Gasteiger partial charge in [-0.1, -0.05) is 98.4 Å². The smallest absolute Gasteiger partial charge is 0.325 e. The second kappa shape index (κ2) is 27.8. The molecule has 17 nitrogen and oxygen atoms in total. The van der Waals surface area contributed by atoms with Crippen molar-refractivity contribution in [2.75, 3.05) is 43.6 Å². The van der Waals surface area contributed by atoms with Crippen molar-refractivity contribution in [1.82, 2.24) is 26.0 Å². The number of fused-ring (bicyclic) bond motifs is 1. The maximum atomic E-state index is 14.0. The van der Waals surface area contributed by atoms with Crippen molar-refractivity contribution in [3.8, 4) is 0 Å². The molecule has 65 heavy (non-hydrogen) atoms. The minimum Gasteiger partial charge on any atom is -0.480 e. The number of allylic oxidation sites excluding steroid dienone is 4. The van der Waals surface area contributed by atoms with E-state index in [0.717, 1.165) is 42.5 Å². The fourth-order valence-corrected chi connectivity index (χ4v) is 8.76. The highest BCUT2D eigenvalue weighted by Gasteiger charge is 2.34. The average molecular weight is 940 g/mol. The third-order valence-electron chi connectivity index (χ3n) is 10.8. The Bertz CT molecular complexity index is 2220. The lowest BCUT2D eigenvalue weighted by Gasteiger charge is -2.29. The van der Waals surface area contributed by atoms with Gasteiger partial charge in [0.05, 0.1) is 11.4 Å². The van der Waals surface area contributed by atoms with Crippen molar-refractivity contribution in [1.29, 1.82) is 0 Å². The van der Waals surface area contributed by atoms with Crippen LogP contribution in [0.4, 0.5) is 5.69 Å². The molecule has 2 rings (SSSR count). The van der Waals surface area contributed by atoms with Crippen LogP contribution in [0.25, 0.3) is 21.2 Å². The number of anilines is 1. The second-order valence-electron chi connectivity index (χ2n) is 16.8. The predicted octanol–water partition coefficient (Wildman–Crippen LogP) is 6.37. The summed E-state index contributed by atoms with van der Waals surface area (Å²) >= 11 is 1.37. The summed E-state index contributed by atoms with van der Waals surface area (Å²) in [7, 11) is -0.493. The SMILES string of the molecule is CC[C@H](C)[C@H](NC(=O)[C@@H](NC(=O)[C@H](CSC/C=C(\C)CC/C=C(\C)CC/C=C(\C)CN=[N+]=[N-])NC(=O)CNS(=O)(=O)c1cccc2c(N(C)C)cccc12)C(C)C)C(=O)N[C@@H](C)C(=O)O. The first-order valence-electron chi connectivity index (χ1n) is 21.8. The van der Waals surface area contributed by atoms with Crippen LogP contribution in [-0.4, -0.2) is 106 Å². The van der Waals surface area contributed by atoms with Gasteiger partial charge in [0.1, 0.15) is 24.2 Å². The summed E-state index contributed by atoms with van der Waals surface area (Å²) < 4.78 is 29.6. The van der Waals surface area contributed by atoms with E-state index in [4.69, 9.17) is 5.53 Å². The summed E-state index contributed by atoms with van der Waals surface area (Å²) in [6.07, 6.45) is 10.2. The van der Waals surface area contributed by atoms with Crippen LogP contribution in [0.15, 0.2) is 81.4 Å². The summed E-state index contributed by atoms with van der Waals surface area (Å²) in [6, 6.07) is 5.57. The fraction of sp³-hybridized carbons (Fsp3) is 0.543. The van der Waals surface area contributed by atoms with Crippen molar-refractivity contribution in [2.45, 2.75) is 117 Å². The first-order valence-corrected chi connectivity index (χ1v) is 24.4. The van der Waals surface area contributed by atoms with Gasteiger partial charge in [-0.25, -0.2) is 13.1 Å². The molecule has 2 aromatic rings. The molecule has 0 saturated heterocycles. The van der Waals surface area contributed by atoms with E-state index in [1.807, 2.05) is 58.0 Å². The lowest BCUT2D eigenvalue weighted by atomic mass is 9.96. The van der Waals surface area contributed by atoms with Crippen molar-refractivity contribution < 1.29 is 37.5 Å². The van der Waals surface area contributed by atoms with E-state index in [9.17, 15) is 37.5 Å². The van der Waals surface area contributed by atoms with Crippen LogP contribution in [0.3, 0.4) is 0 Å². The number of carboxylic acids is 1. The minimum atomic E-state index is -4.20. The monoisotopic (exact) mass is 939 g/mol. The summed E-state index contributed by atoms with van der Waals surface area (Å²) in [5.41, 5.74) is 12.7. The van der Waals surface area contributed by atoms with Crippen LogP contribution in [0.5, 0.6) is 0 Å². The van der Waals surface area contributed by atoms with E-state index in [1.165, 1.54) is 30.3 Å². The van der Waals surface area contributed by atoms with Crippen LogP contribution in [0.1, 0.15) is 87.5 Å². The third kappa shape index (κ3) is 18.9. The number of thioether (sulfide) groups is 1. The number of carbonyl (C=O) groups is 5. The number of rotatable bonds is 28. The highest BCUT2D eigenvalue weighted by molar-refractivity contribution is 7.99. The van der Waals surface area contributed by atoms with Crippen LogP contribution in [0, 0.1) is 11.8 Å². The molecule has 0 spiro atoms. The number of carboxylic acid groups (broad SMARTS) is 1. The second-order valence-corrected chi connectivity index (χ2v) is 19.6. The van der Waals surface area contributed by atoms with Gasteiger partial charge in [0.25, 0.3) is 0 Å². The quantitative estimate of drug-likeness (QED) is 0.0181. The standard InChI is InChI=1S/C46H69N9O8S2/c1-11-33(7)42(45(59)50-34(8)46(60)61)53-44(58)41(29(2)3)52-43(57)37(28-64-25-24-31(5)18-12-16-30(4)17-13-19-32(6)26-48-54-47)51-40(56)27-49-65(62,63)39-23-15-20-35-36(39)21-14-22-38(35)55(9)10/h14-16,19-24,29,33-34,37,41-42,49H,11-13,17-18,25-28H2,1-10H3,(H,50,59)(H,51,56)(H,52,57)(H,53,58)(H,60,61)/b30-16+,31-24+,32-19+/t33-,34-,37-,41-,42-/m0/s1. The van der Waals surface area contributed by atoms with E-state index in [-0.39, 0.29) is 16.6 Å². The van der Waals surface area contributed by atoms with E-state index >= 15 is 0 Å². The molecule has 0 fully saturated rings. The molecule has 0 bridgehead atoms. The van der Waals surface area contributed by atoms with Gasteiger partial charge in [0.15, 0.2) is 0 Å². The molecule has 0 aliphatic rings. The van der Waals surface area contributed by atoms with Gasteiger partial charge in [-0.3, -0.25) is 24.0 Å². The number of hydrogen-bond donors (Lipinski definition) is 6. The first-order chi connectivity index (χ1) is 30.6. The summed E-state index contributed by atoms with van der Waals surface area (Å²) in [4.78, 5) is 70.5. The Kier molecular flexibility index (Phi) is 23.9. The number of aliphatic carboxylic acids is 1. The number of azide groups is 1. The van der Waals surface area contributed by atoms with Crippen LogP contribution in [-0.2, 0) is 34.0 Å². The molecular formula is C46H69N9O8S2. The van der Waals surface area contributed by atoms with Gasteiger partial charge in [-0.05, 0) is 82.9 Å². The molecular weight excluding hydrogens is 871 g/mol. The van der Waals surface area contributed by atoms with Gasteiger partial charge in [-0.2, -0.15) is 11.8 Å². The molecule has 0 saturated carbocycles. The largest absolute Gasteiger partial charge is 0.480 e. The molecule has 4 amide bonds. The summed E-state index contributed by atoms with van der Waals surface area (Å²) in [5, 5.41) is 24.6. The lowest BCUT2D eigenvalue weighted by molar-refractivity contribution is -0.142. The van der Waals surface area contributed by atoms with Crippen molar-refractivity contribution >= 4 is 67.8 Å². The molecule has 19 heteroatoms. The fourth-order valence-electron chi connectivity index (χ4n) is 6.55. The number of nitrogens with zero attached hydrogens (tertiary/aromatic N) is 4. The zero-order chi connectivity index (χ0) is 48.9. The molecule has 0 heterocycles. The maximum Gasteiger partial charge on any atom is 0.325 e. The summed E-state index contributed by atoms with van der Waals surface area (Å²) in [6.45, 7) is 14.0. The molecule has 0 aliphatic carbocycles. The minimum absolute atomic E-state index is 0.0112. The maximum absolute atomic E-state index is 14.0. The Morgan fingerprint density at radius 3 is 2.00 bits per heavy atom. The van der Waals surface area contributed by atoms with Gasteiger partial charge in [0, 0.05) is 53.5 Å². The topological polar surface area (TPSA) is 252 Å². The first kappa shape index (κ1) is 55.8. The zero-order valence-electron chi connectivity index (χ0n) is 39.4. The molecule has 358 valence electrons. The van der Waals surface area contributed by atoms with Crippen molar-refractivity contribution in [3.63, 3.8) is 0 Å². The molecule has 2 aromatic carbocycles. The number of carbonyl (C=O) groups excluding carboxylic acids is 4. The third-order valence-corrected chi connectivity index (χ3v) is 13.2.